The first-order valence-corrected chi connectivity index (χ1v) is 7.95. The molecule has 4 nitrogen and oxygen atoms in total. The summed E-state index contributed by atoms with van der Waals surface area (Å²) in [4.78, 5) is 0.133. The molecule has 19 heavy (non-hydrogen) atoms. The average molecular weight is 346 g/mol. The van der Waals surface area contributed by atoms with Crippen LogP contribution in [0.1, 0.15) is 18.1 Å². The molecule has 0 aromatic heterocycles. The van der Waals surface area contributed by atoms with Crippen LogP contribution in [0.5, 0.6) is 0 Å². The first-order valence-electron chi connectivity index (χ1n) is 5.72. The van der Waals surface area contributed by atoms with E-state index in [1.165, 1.54) is 10.4 Å². The van der Waals surface area contributed by atoms with Crippen LogP contribution >= 0.6 is 15.9 Å². The second kappa shape index (κ2) is 6.53. The Bertz CT molecular complexity index is 605. The van der Waals surface area contributed by atoms with Crippen molar-refractivity contribution in [3.63, 3.8) is 0 Å². The second-order valence-electron chi connectivity index (χ2n) is 4.02. The Hall–Kier alpha value is -0.870. The zero-order valence-corrected chi connectivity index (χ0v) is 13.3. The Morgan fingerprint density at radius 2 is 2.11 bits per heavy atom. The molecule has 0 atom stereocenters. The van der Waals surface area contributed by atoms with Gasteiger partial charge in [0.25, 0.3) is 0 Å². The van der Waals surface area contributed by atoms with Gasteiger partial charge < -0.3 is 5.11 Å². The summed E-state index contributed by atoms with van der Waals surface area (Å²) in [5, 5.41) is 9.19. The minimum absolute atomic E-state index is 0.0215. The molecule has 0 aliphatic carbocycles. The van der Waals surface area contributed by atoms with E-state index < -0.39 is 10.0 Å². The third kappa shape index (κ3) is 3.37. The second-order valence-corrected chi connectivity index (χ2v) is 6.72. The fraction of sp³-hybridized carbons (Fsp3) is 0.385. The van der Waals surface area contributed by atoms with E-state index in [9.17, 15) is 13.5 Å². The molecule has 0 heterocycles. The molecule has 0 unspecified atom stereocenters. The van der Waals surface area contributed by atoms with Crippen molar-refractivity contribution in [2.75, 3.05) is 13.1 Å². The van der Waals surface area contributed by atoms with Gasteiger partial charge in [0.2, 0.25) is 10.0 Å². The number of hydrogen-bond donors (Lipinski definition) is 1. The smallest absolute Gasteiger partial charge is 0.245 e. The number of benzene rings is 1. The number of aliphatic hydroxyl groups excluding tert-OH is 1. The van der Waals surface area contributed by atoms with Gasteiger partial charge in [-0.25, -0.2) is 8.42 Å². The number of hydrogen-bond acceptors (Lipinski definition) is 3. The van der Waals surface area contributed by atoms with Crippen LogP contribution in [0.25, 0.3) is 0 Å². The van der Waals surface area contributed by atoms with Crippen molar-refractivity contribution in [2.45, 2.75) is 25.3 Å². The molecule has 6 heteroatoms. The third-order valence-corrected chi connectivity index (χ3v) is 5.96. The maximum atomic E-state index is 12.5. The fourth-order valence-electron chi connectivity index (χ4n) is 1.70. The van der Waals surface area contributed by atoms with Crippen molar-refractivity contribution < 1.29 is 13.5 Å². The van der Waals surface area contributed by atoms with Gasteiger partial charge in [-0.15, -0.1) is 6.42 Å². The van der Waals surface area contributed by atoms with E-state index in [-0.39, 0.29) is 18.0 Å². The number of halogens is 1. The first kappa shape index (κ1) is 16.2. The van der Waals surface area contributed by atoms with Crippen LogP contribution in [0, 0.1) is 19.3 Å². The van der Waals surface area contributed by atoms with Gasteiger partial charge in [0.15, 0.2) is 0 Å². The fourth-order valence-corrected chi connectivity index (χ4v) is 4.09. The number of rotatable bonds is 5. The Labute approximate surface area is 122 Å². The molecule has 0 aliphatic rings. The number of sulfonamides is 1. The van der Waals surface area contributed by atoms with E-state index >= 15 is 0 Å². The summed E-state index contributed by atoms with van der Waals surface area (Å²) in [6, 6.07) is 3.20. The molecular formula is C13H16BrNO3S. The summed E-state index contributed by atoms with van der Waals surface area (Å²) >= 11 is 3.29. The van der Waals surface area contributed by atoms with E-state index in [4.69, 9.17) is 6.42 Å². The van der Waals surface area contributed by atoms with Gasteiger partial charge in [-0.3, -0.25) is 0 Å². The molecule has 0 bridgehead atoms. The third-order valence-electron chi connectivity index (χ3n) is 2.70. The molecular weight excluding hydrogens is 330 g/mol. The lowest BCUT2D eigenvalue weighted by Gasteiger charge is -2.20. The molecule has 1 rings (SSSR count). The number of aliphatic hydroxyl groups is 1. The van der Waals surface area contributed by atoms with Gasteiger partial charge in [0.1, 0.15) is 0 Å². The topological polar surface area (TPSA) is 57.6 Å². The normalized spacial score (nSPS) is 11.6. The largest absolute Gasteiger partial charge is 0.392 e. The highest BCUT2D eigenvalue weighted by Gasteiger charge is 2.26. The summed E-state index contributed by atoms with van der Waals surface area (Å²) in [6.07, 6.45) is 5.20. The van der Waals surface area contributed by atoms with E-state index in [0.717, 1.165) is 5.56 Å². The van der Waals surface area contributed by atoms with Gasteiger partial charge in [-0.05, 0) is 40.0 Å². The van der Waals surface area contributed by atoms with Gasteiger partial charge in [0, 0.05) is 11.0 Å². The predicted octanol–water partition coefficient (Wildman–Crippen LogP) is 1.89. The van der Waals surface area contributed by atoms with Crippen molar-refractivity contribution in [2.24, 2.45) is 0 Å². The van der Waals surface area contributed by atoms with Gasteiger partial charge >= 0.3 is 0 Å². The lowest BCUT2D eigenvalue weighted by molar-refractivity contribution is 0.281. The zero-order chi connectivity index (χ0) is 14.6. The summed E-state index contributed by atoms with van der Waals surface area (Å²) < 4.78 is 26.7. The van der Waals surface area contributed by atoms with Gasteiger partial charge in [-0.2, -0.15) is 4.31 Å². The van der Waals surface area contributed by atoms with Crippen molar-refractivity contribution in [3.8, 4) is 12.3 Å². The van der Waals surface area contributed by atoms with Crippen LogP contribution in [0.15, 0.2) is 21.5 Å². The van der Waals surface area contributed by atoms with Crippen molar-refractivity contribution in [1.82, 2.24) is 4.31 Å². The van der Waals surface area contributed by atoms with Crippen LogP contribution < -0.4 is 0 Å². The predicted molar refractivity (Wildman–Crippen MR) is 78.1 cm³/mol. The lowest BCUT2D eigenvalue weighted by Crippen LogP contribution is -2.31. The number of nitrogens with zero attached hydrogens (tertiary/aromatic N) is 1. The van der Waals surface area contributed by atoms with Crippen LogP contribution in [0.2, 0.25) is 0 Å². The molecule has 1 aromatic carbocycles. The average Bonchev–Trinajstić information content (AvgIpc) is 2.38. The van der Waals surface area contributed by atoms with Gasteiger partial charge in [-0.1, -0.05) is 18.9 Å². The van der Waals surface area contributed by atoms with E-state index in [1.807, 2.05) is 0 Å². The summed E-state index contributed by atoms with van der Waals surface area (Å²) in [6.45, 7) is 3.61. The number of terminal acetylenes is 1. The summed E-state index contributed by atoms with van der Waals surface area (Å²) in [7, 11) is -3.67. The van der Waals surface area contributed by atoms with E-state index in [1.54, 1.807) is 19.9 Å². The standard InChI is InChI=1S/C13H16BrNO3S/c1-4-6-15(5-2)19(17,18)12-8-11(9-16)7-10(3)13(12)14/h1,7-8,16H,5-6,9H2,2-3H3. The molecule has 0 fully saturated rings. The van der Waals surface area contributed by atoms with Crippen LogP contribution in [-0.2, 0) is 16.6 Å². The SMILES string of the molecule is C#CCN(CC)S(=O)(=O)c1cc(CO)cc(C)c1Br. The molecule has 0 amide bonds. The van der Waals surface area contributed by atoms with E-state index in [0.29, 0.717) is 16.6 Å². The number of aryl methyl sites for hydroxylation is 1. The Morgan fingerprint density at radius 1 is 1.47 bits per heavy atom. The minimum atomic E-state index is -3.67. The molecule has 0 saturated heterocycles. The van der Waals surface area contributed by atoms with Crippen LogP contribution in [-0.4, -0.2) is 30.9 Å². The highest BCUT2D eigenvalue weighted by molar-refractivity contribution is 9.10. The molecule has 0 aliphatic heterocycles. The lowest BCUT2D eigenvalue weighted by atomic mass is 10.1. The van der Waals surface area contributed by atoms with Gasteiger partial charge in [0.05, 0.1) is 18.0 Å². The maximum Gasteiger partial charge on any atom is 0.245 e. The zero-order valence-electron chi connectivity index (χ0n) is 10.9. The van der Waals surface area contributed by atoms with Crippen molar-refractivity contribution in [1.29, 1.82) is 0 Å². The quantitative estimate of drug-likeness (QED) is 0.829. The van der Waals surface area contributed by atoms with Crippen molar-refractivity contribution >= 4 is 26.0 Å². The first-order chi connectivity index (χ1) is 8.88. The molecule has 0 radical (unpaired) electrons. The minimum Gasteiger partial charge on any atom is -0.392 e. The van der Waals surface area contributed by atoms with Crippen LogP contribution in [0.3, 0.4) is 0 Å². The van der Waals surface area contributed by atoms with Crippen LogP contribution in [0.4, 0.5) is 0 Å². The summed E-state index contributed by atoms with van der Waals surface area (Å²) in [5.41, 5.74) is 1.30. The molecule has 0 saturated carbocycles. The maximum absolute atomic E-state index is 12.5. The Morgan fingerprint density at radius 3 is 2.58 bits per heavy atom. The molecule has 0 spiro atoms. The Kier molecular flexibility index (Phi) is 5.56. The highest BCUT2D eigenvalue weighted by Crippen LogP contribution is 2.29. The molecule has 1 N–H and O–H groups in total. The molecule has 104 valence electrons. The highest BCUT2D eigenvalue weighted by atomic mass is 79.9. The summed E-state index contributed by atoms with van der Waals surface area (Å²) in [5.74, 6) is 2.34. The monoisotopic (exact) mass is 345 g/mol. The van der Waals surface area contributed by atoms with E-state index in [2.05, 4.69) is 21.9 Å². The van der Waals surface area contributed by atoms with Crippen molar-refractivity contribution in [3.05, 3.63) is 27.7 Å². The molecule has 1 aromatic rings. The Balaban J connectivity index is 3.44.